The summed E-state index contributed by atoms with van der Waals surface area (Å²) >= 11 is 7.04. The average molecular weight is 371 g/mol. The van der Waals surface area contributed by atoms with Crippen molar-refractivity contribution in [1.82, 2.24) is 20.1 Å². The van der Waals surface area contributed by atoms with Crippen LogP contribution in [0.25, 0.3) is 0 Å². The van der Waals surface area contributed by atoms with Crippen molar-refractivity contribution in [3.8, 4) is 0 Å². The SMILES string of the molecule is COCCCn1c(SCC(=O)NCc2ccc(Cl)cc2)n[nH]c1=O. The normalized spacial score (nSPS) is 10.8. The lowest BCUT2D eigenvalue weighted by Gasteiger charge is -2.06. The number of benzene rings is 1. The standard InChI is InChI=1S/C15H19ClN4O3S/c1-23-8-2-7-20-14(22)18-19-15(20)24-10-13(21)17-9-11-3-5-12(16)6-4-11/h3-6H,2,7-10H2,1H3,(H,17,21)(H,18,22). The van der Waals surface area contributed by atoms with Gasteiger partial charge in [0, 0.05) is 31.8 Å². The van der Waals surface area contributed by atoms with Crippen molar-refractivity contribution in [3.05, 3.63) is 45.3 Å². The molecule has 0 saturated carbocycles. The molecule has 7 nitrogen and oxygen atoms in total. The van der Waals surface area contributed by atoms with Gasteiger partial charge < -0.3 is 10.1 Å². The summed E-state index contributed by atoms with van der Waals surface area (Å²) in [5.41, 5.74) is 0.684. The first-order valence-electron chi connectivity index (χ1n) is 7.38. The lowest BCUT2D eigenvalue weighted by molar-refractivity contribution is -0.118. The number of thioether (sulfide) groups is 1. The zero-order chi connectivity index (χ0) is 17.4. The van der Waals surface area contributed by atoms with E-state index >= 15 is 0 Å². The number of hydrogen-bond acceptors (Lipinski definition) is 5. The molecule has 0 saturated heterocycles. The van der Waals surface area contributed by atoms with Gasteiger partial charge in [-0.2, -0.15) is 0 Å². The van der Waals surface area contributed by atoms with Crippen LogP contribution in [0, 0.1) is 0 Å². The molecule has 0 unspecified atom stereocenters. The van der Waals surface area contributed by atoms with Gasteiger partial charge in [0.25, 0.3) is 0 Å². The summed E-state index contributed by atoms with van der Waals surface area (Å²) in [4.78, 5) is 23.6. The summed E-state index contributed by atoms with van der Waals surface area (Å²) in [7, 11) is 1.61. The van der Waals surface area contributed by atoms with E-state index in [4.69, 9.17) is 16.3 Å². The highest BCUT2D eigenvalue weighted by Gasteiger charge is 2.11. The van der Waals surface area contributed by atoms with Gasteiger partial charge in [0.1, 0.15) is 0 Å². The van der Waals surface area contributed by atoms with E-state index in [1.54, 1.807) is 19.2 Å². The molecule has 1 heterocycles. The summed E-state index contributed by atoms with van der Waals surface area (Å²) in [6.45, 7) is 1.49. The van der Waals surface area contributed by atoms with Crippen LogP contribution in [0.15, 0.2) is 34.2 Å². The van der Waals surface area contributed by atoms with Crippen LogP contribution in [0.4, 0.5) is 0 Å². The van der Waals surface area contributed by atoms with Crippen molar-refractivity contribution >= 4 is 29.3 Å². The molecule has 9 heteroatoms. The lowest BCUT2D eigenvalue weighted by atomic mass is 10.2. The minimum atomic E-state index is -0.282. The first kappa shape index (κ1) is 18.6. The smallest absolute Gasteiger partial charge is 0.343 e. The number of rotatable bonds is 9. The second-order valence-corrected chi connectivity index (χ2v) is 6.38. The number of nitrogens with zero attached hydrogens (tertiary/aromatic N) is 2. The number of halogens is 1. The number of ether oxygens (including phenoxy) is 1. The van der Waals surface area contributed by atoms with Crippen LogP contribution in [0.1, 0.15) is 12.0 Å². The zero-order valence-corrected chi connectivity index (χ0v) is 14.8. The Balaban J connectivity index is 1.81. The number of methoxy groups -OCH3 is 1. The highest BCUT2D eigenvalue weighted by molar-refractivity contribution is 7.99. The van der Waals surface area contributed by atoms with E-state index in [0.717, 1.165) is 5.56 Å². The number of amides is 1. The molecule has 0 aliphatic heterocycles. The summed E-state index contributed by atoms with van der Waals surface area (Å²) in [6, 6.07) is 7.27. The van der Waals surface area contributed by atoms with Crippen LogP contribution in [-0.2, 0) is 22.6 Å². The molecule has 1 aromatic carbocycles. The molecule has 0 aliphatic rings. The molecule has 0 aliphatic carbocycles. The Morgan fingerprint density at radius 2 is 2.17 bits per heavy atom. The van der Waals surface area contributed by atoms with Crippen LogP contribution in [0.2, 0.25) is 5.02 Å². The van der Waals surface area contributed by atoms with Gasteiger partial charge in [0.15, 0.2) is 5.16 Å². The lowest BCUT2D eigenvalue weighted by Crippen LogP contribution is -2.25. The maximum atomic E-state index is 11.9. The molecule has 0 radical (unpaired) electrons. The van der Waals surface area contributed by atoms with Crippen LogP contribution in [0.5, 0.6) is 0 Å². The molecular weight excluding hydrogens is 352 g/mol. The third-order valence-electron chi connectivity index (χ3n) is 3.19. The summed E-state index contributed by atoms with van der Waals surface area (Å²) in [5.74, 6) is 0.0520. The third kappa shape index (κ3) is 5.70. The second kappa shape index (κ2) is 9.51. The highest BCUT2D eigenvalue weighted by Crippen LogP contribution is 2.13. The van der Waals surface area contributed by atoms with Gasteiger partial charge in [-0.1, -0.05) is 35.5 Å². The molecular formula is C15H19ClN4O3S. The van der Waals surface area contributed by atoms with Gasteiger partial charge in [-0.3, -0.25) is 9.36 Å². The predicted molar refractivity (Wildman–Crippen MR) is 93.4 cm³/mol. The largest absolute Gasteiger partial charge is 0.385 e. The zero-order valence-electron chi connectivity index (χ0n) is 13.3. The number of aromatic nitrogens is 3. The van der Waals surface area contributed by atoms with Gasteiger partial charge in [-0.15, -0.1) is 5.10 Å². The van der Waals surface area contributed by atoms with E-state index in [1.165, 1.54) is 16.3 Å². The van der Waals surface area contributed by atoms with Crippen molar-refractivity contribution in [1.29, 1.82) is 0 Å². The Hall–Kier alpha value is -1.77. The number of aromatic amines is 1. The van der Waals surface area contributed by atoms with E-state index in [1.807, 2.05) is 12.1 Å². The minimum Gasteiger partial charge on any atom is -0.385 e. The van der Waals surface area contributed by atoms with Crippen molar-refractivity contribution in [2.75, 3.05) is 19.5 Å². The molecule has 0 bridgehead atoms. The fourth-order valence-electron chi connectivity index (χ4n) is 1.96. The highest BCUT2D eigenvalue weighted by atomic mass is 35.5. The Morgan fingerprint density at radius 1 is 1.42 bits per heavy atom. The predicted octanol–water partition coefficient (Wildman–Crippen LogP) is 1.67. The molecule has 2 N–H and O–H groups in total. The minimum absolute atomic E-state index is 0.131. The van der Waals surface area contributed by atoms with Crippen LogP contribution in [0.3, 0.4) is 0 Å². The van der Waals surface area contributed by atoms with E-state index < -0.39 is 0 Å². The van der Waals surface area contributed by atoms with E-state index in [-0.39, 0.29) is 17.3 Å². The Kier molecular flexibility index (Phi) is 7.36. The maximum Gasteiger partial charge on any atom is 0.343 e. The van der Waals surface area contributed by atoms with Gasteiger partial charge in [-0.05, 0) is 24.1 Å². The first-order chi connectivity index (χ1) is 11.6. The Bertz CT molecular complexity index is 714. The van der Waals surface area contributed by atoms with Gasteiger partial charge in [0.05, 0.1) is 5.75 Å². The first-order valence-corrected chi connectivity index (χ1v) is 8.74. The number of nitrogens with one attached hydrogen (secondary N) is 2. The number of hydrogen-bond donors (Lipinski definition) is 2. The molecule has 0 fully saturated rings. The summed E-state index contributed by atoms with van der Waals surface area (Å²) in [6.07, 6.45) is 0.701. The summed E-state index contributed by atoms with van der Waals surface area (Å²) < 4.78 is 6.48. The molecule has 24 heavy (non-hydrogen) atoms. The van der Waals surface area contributed by atoms with Crippen LogP contribution >= 0.6 is 23.4 Å². The third-order valence-corrected chi connectivity index (χ3v) is 4.42. The Labute approximate surface area is 148 Å². The van der Waals surface area contributed by atoms with Crippen molar-refractivity contribution in [2.45, 2.75) is 24.7 Å². The quantitative estimate of drug-likeness (QED) is 0.517. The van der Waals surface area contributed by atoms with Gasteiger partial charge in [0.2, 0.25) is 5.91 Å². The molecule has 0 spiro atoms. The van der Waals surface area contributed by atoms with E-state index in [0.29, 0.717) is 36.3 Å². The van der Waals surface area contributed by atoms with Crippen LogP contribution in [-0.4, -0.2) is 40.1 Å². The van der Waals surface area contributed by atoms with Gasteiger partial charge in [-0.25, -0.2) is 9.89 Å². The topological polar surface area (TPSA) is 89.0 Å². The molecule has 1 aromatic heterocycles. The fraction of sp³-hybridized carbons (Fsp3) is 0.400. The molecule has 0 atom stereocenters. The second-order valence-electron chi connectivity index (χ2n) is 5.00. The molecule has 1 amide bonds. The number of H-pyrrole nitrogens is 1. The molecule has 2 aromatic rings. The summed E-state index contributed by atoms with van der Waals surface area (Å²) in [5, 5.41) is 10.3. The molecule has 2 rings (SSSR count). The number of carbonyl (C=O) groups excluding carboxylic acids is 1. The van der Waals surface area contributed by atoms with Crippen molar-refractivity contribution in [3.63, 3.8) is 0 Å². The fourth-order valence-corrected chi connectivity index (χ4v) is 2.89. The maximum absolute atomic E-state index is 11.9. The number of carbonyl (C=O) groups is 1. The average Bonchev–Trinajstić information content (AvgIpc) is 2.93. The van der Waals surface area contributed by atoms with Crippen molar-refractivity contribution < 1.29 is 9.53 Å². The monoisotopic (exact) mass is 370 g/mol. The van der Waals surface area contributed by atoms with Crippen molar-refractivity contribution in [2.24, 2.45) is 0 Å². The van der Waals surface area contributed by atoms with Crippen LogP contribution < -0.4 is 11.0 Å². The molecule has 130 valence electrons. The van der Waals surface area contributed by atoms with Gasteiger partial charge >= 0.3 is 5.69 Å². The van der Waals surface area contributed by atoms with E-state index in [9.17, 15) is 9.59 Å². The Morgan fingerprint density at radius 3 is 2.88 bits per heavy atom. The van der Waals surface area contributed by atoms with E-state index in [2.05, 4.69) is 15.5 Å².